The highest BCUT2D eigenvalue weighted by molar-refractivity contribution is 7.92. The minimum Gasteiger partial charge on any atom is -0.341 e. The third kappa shape index (κ3) is 3.65. The van der Waals surface area contributed by atoms with Crippen molar-refractivity contribution in [3.63, 3.8) is 0 Å². The van der Waals surface area contributed by atoms with Crippen LogP contribution in [-0.2, 0) is 16.6 Å². The highest BCUT2D eigenvalue weighted by Gasteiger charge is 2.19. The van der Waals surface area contributed by atoms with Crippen molar-refractivity contribution >= 4 is 49.1 Å². The Morgan fingerprint density at radius 1 is 1.00 bits per heavy atom. The topological polar surface area (TPSA) is 71.4 Å². The highest BCUT2D eigenvalue weighted by Crippen LogP contribution is 2.31. The molecule has 0 atom stereocenters. The summed E-state index contributed by atoms with van der Waals surface area (Å²) in [4.78, 5) is 13.0. The first-order chi connectivity index (χ1) is 14.7. The maximum atomic E-state index is 13.0. The van der Waals surface area contributed by atoms with Gasteiger partial charge in [0, 0.05) is 46.6 Å². The first kappa shape index (κ1) is 20.9. The molecule has 1 aromatic heterocycles. The Bertz CT molecular complexity index is 1420. The summed E-state index contributed by atoms with van der Waals surface area (Å²) < 4.78 is 27.3. The molecule has 0 bridgehead atoms. The molecule has 3 aromatic carbocycles. The monoisotopic (exact) mass is 435 g/mol. The molecule has 0 radical (unpaired) electrons. The number of rotatable bonds is 5. The van der Waals surface area contributed by atoms with Crippen LogP contribution in [0.4, 0.5) is 11.4 Å². The standard InChI is InChI=1S/C24H25N3O3S/c1-5-27-22-11-7-6-9-19(22)20-15-17(13-14-23(20)27)25-24(28)18-10-8-12-21(16(18)2)26(3)31(4,29)30/h6-15H,5H2,1-4H3,(H,25,28). The van der Waals surface area contributed by atoms with E-state index in [9.17, 15) is 13.2 Å². The van der Waals surface area contributed by atoms with Gasteiger partial charge in [0.1, 0.15) is 0 Å². The smallest absolute Gasteiger partial charge is 0.256 e. The van der Waals surface area contributed by atoms with Gasteiger partial charge >= 0.3 is 0 Å². The van der Waals surface area contributed by atoms with E-state index in [0.29, 0.717) is 22.5 Å². The number of para-hydroxylation sites is 1. The highest BCUT2D eigenvalue weighted by atomic mass is 32.2. The zero-order valence-corrected chi connectivity index (χ0v) is 18.8. The molecular weight excluding hydrogens is 410 g/mol. The predicted octanol–water partition coefficient (Wildman–Crippen LogP) is 4.77. The van der Waals surface area contributed by atoms with Gasteiger partial charge in [0.25, 0.3) is 5.91 Å². The molecular formula is C24H25N3O3S. The summed E-state index contributed by atoms with van der Waals surface area (Å²) in [6.45, 7) is 4.73. The average Bonchev–Trinajstić information content (AvgIpc) is 3.05. The number of anilines is 2. The van der Waals surface area contributed by atoms with E-state index in [1.165, 1.54) is 11.4 Å². The van der Waals surface area contributed by atoms with Gasteiger partial charge in [0.15, 0.2) is 0 Å². The van der Waals surface area contributed by atoms with Crippen molar-refractivity contribution in [3.05, 3.63) is 71.8 Å². The molecule has 160 valence electrons. The fourth-order valence-corrected chi connectivity index (χ4v) is 4.61. The van der Waals surface area contributed by atoms with Crippen molar-refractivity contribution in [2.45, 2.75) is 20.4 Å². The maximum Gasteiger partial charge on any atom is 0.256 e. The summed E-state index contributed by atoms with van der Waals surface area (Å²) >= 11 is 0. The number of aryl methyl sites for hydroxylation is 1. The van der Waals surface area contributed by atoms with Gasteiger partial charge in [0.05, 0.1) is 11.9 Å². The van der Waals surface area contributed by atoms with Gasteiger partial charge in [-0.3, -0.25) is 9.10 Å². The van der Waals surface area contributed by atoms with Crippen LogP contribution < -0.4 is 9.62 Å². The normalized spacial score (nSPS) is 11.7. The lowest BCUT2D eigenvalue weighted by Gasteiger charge is -2.20. The zero-order chi connectivity index (χ0) is 22.3. The second-order valence-electron chi connectivity index (χ2n) is 7.63. The van der Waals surface area contributed by atoms with E-state index in [1.54, 1.807) is 25.1 Å². The Kier molecular flexibility index (Phi) is 5.23. The molecule has 0 unspecified atom stereocenters. The molecule has 0 aliphatic carbocycles. The fourth-order valence-electron chi connectivity index (χ4n) is 4.06. The summed E-state index contributed by atoms with van der Waals surface area (Å²) in [5, 5.41) is 5.19. The SMILES string of the molecule is CCn1c2ccccc2c2cc(NC(=O)c3cccc(N(C)S(C)(=O)=O)c3C)ccc21. The number of fused-ring (bicyclic) bond motifs is 3. The molecule has 1 heterocycles. The quantitative estimate of drug-likeness (QED) is 0.491. The van der Waals surface area contributed by atoms with Crippen LogP contribution in [0.25, 0.3) is 21.8 Å². The van der Waals surface area contributed by atoms with Crippen molar-refractivity contribution in [2.24, 2.45) is 0 Å². The first-order valence-electron chi connectivity index (χ1n) is 10.1. The molecule has 0 aliphatic rings. The lowest BCUT2D eigenvalue weighted by Crippen LogP contribution is -2.26. The van der Waals surface area contributed by atoms with Gasteiger partial charge in [-0.15, -0.1) is 0 Å². The summed E-state index contributed by atoms with van der Waals surface area (Å²) in [5.74, 6) is -0.278. The van der Waals surface area contributed by atoms with Crippen molar-refractivity contribution in [2.75, 3.05) is 22.9 Å². The number of carbonyl (C=O) groups excluding carboxylic acids is 1. The number of nitrogens with zero attached hydrogens (tertiary/aromatic N) is 2. The van der Waals surface area contributed by atoms with Crippen LogP contribution in [0.3, 0.4) is 0 Å². The number of nitrogens with one attached hydrogen (secondary N) is 1. The second kappa shape index (κ2) is 7.74. The molecule has 0 saturated heterocycles. The van der Waals surface area contributed by atoms with E-state index in [1.807, 2.05) is 30.3 Å². The minimum absolute atomic E-state index is 0.278. The van der Waals surface area contributed by atoms with E-state index < -0.39 is 10.0 Å². The van der Waals surface area contributed by atoms with Gasteiger partial charge in [-0.1, -0.05) is 24.3 Å². The minimum atomic E-state index is -3.43. The summed E-state index contributed by atoms with van der Waals surface area (Å²) in [7, 11) is -1.94. The number of benzene rings is 3. The number of carbonyl (C=O) groups is 1. The largest absolute Gasteiger partial charge is 0.341 e. The Morgan fingerprint density at radius 3 is 2.42 bits per heavy atom. The van der Waals surface area contributed by atoms with E-state index in [0.717, 1.165) is 34.6 Å². The van der Waals surface area contributed by atoms with Crippen LogP contribution in [0.5, 0.6) is 0 Å². The first-order valence-corrected chi connectivity index (χ1v) is 11.9. The van der Waals surface area contributed by atoms with Crippen molar-refractivity contribution < 1.29 is 13.2 Å². The second-order valence-corrected chi connectivity index (χ2v) is 9.64. The van der Waals surface area contributed by atoms with Crippen LogP contribution in [0, 0.1) is 6.92 Å². The summed E-state index contributed by atoms with van der Waals surface area (Å²) in [6.07, 6.45) is 1.14. The van der Waals surface area contributed by atoms with Crippen molar-refractivity contribution in [3.8, 4) is 0 Å². The van der Waals surface area contributed by atoms with E-state index in [4.69, 9.17) is 0 Å². The number of aromatic nitrogens is 1. The van der Waals surface area contributed by atoms with Crippen LogP contribution in [-0.4, -0.2) is 32.2 Å². The van der Waals surface area contributed by atoms with Crippen molar-refractivity contribution in [1.82, 2.24) is 4.57 Å². The van der Waals surface area contributed by atoms with Crippen LogP contribution in [0.1, 0.15) is 22.8 Å². The number of hydrogen-bond donors (Lipinski definition) is 1. The number of sulfonamides is 1. The van der Waals surface area contributed by atoms with E-state index in [-0.39, 0.29) is 5.91 Å². The predicted molar refractivity (Wildman–Crippen MR) is 127 cm³/mol. The third-order valence-electron chi connectivity index (χ3n) is 5.73. The Hall–Kier alpha value is -3.32. The summed E-state index contributed by atoms with van der Waals surface area (Å²) in [5.41, 5.74) is 4.50. The lowest BCUT2D eigenvalue weighted by atomic mass is 10.1. The zero-order valence-electron chi connectivity index (χ0n) is 18.0. The summed E-state index contributed by atoms with van der Waals surface area (Å²) in [6, 6.07) is 19.2. The Labute approximate surface area is 182 Å². The molecule has 0 spiro atoms. The van der Waals surface area contributed by atoms with Gasteiger partial charge in [-0.25, -0.2) is 8.42 Å². The van der Waals surface area contributed by atoms with E-state index >= 15 is 0 Å². The maximum absolute atomic E-state index is 13.0. The number of amides is 1. The van der Waals surface area contributed by atoms with Crippen LogP contribution in [0.2, 0.25) is 0 Å². The number of hydrogen-bond acceptors (Lipinski definition) is 3. The Balaban J connectivity index is 1.72. The molecule has 0 aliphatic heterocycles. The van der Waals surface area contributed by atoms with Gasteiger partial charge in [0.2, 0.25) is 10.0 Å². The van der Waals surface area contributed by atoms with Gasteiger partial charge in [-0.2, -0.15) is 0 Å². The van der Waals surface area contributed by atoms with Crippen LogP contribution >= 0.6 is 0 Å². The molecule has 4 aromatic rings. The molecule has 1 N–H and O–H groups in total. The average molecular weight is 436 g/mol. The third-order valence-corrected chi connectivity index (χ3v) is 6.92. The molecule has 31 heavy (non-hydrogen) atoms. The molecule has 6 nitrogen and oxygen atoms in total. The fraction of sp³-hybridized carbons (Fsp3) is 0.208. The van der Waals surface area contributed by atoms with Crippen LogP contribution in [0.15, 0.2) is 60.7 Å². The van der Waals surface area contributed by atoms with Gasteiger partial charge in [-0.05, 0) is 55.8 Å². The molecule has 0 fully saturated rings. The Morgan fingerprint density at radius 2 is 1.71 bits per heavy atom. The molecule has 7 heteroatoms. The lowest BCUT2D eigenvalue weighted by molar-refractivity contribution is 0.102. The molecule has 1 amide bonds. The van der Waals surface area contributed by atoms with Gasteiger partial charge < -0.3 is 9.88 Å². The molecule has 4 rings (SSSR count). The van der Waals surface area contributed by atoms with Crippen molar-refractivity contribution in [1.29, 1.82) is 0 Å². The van der Waals surface area contributed by atoms with E-state index in [2.05, 4.69) is 28.9 Å². The molecule has 0 saturated carbocycles.